The number of hydrogen-bond acceptors (Lipinski definition) is 5. The largest absolute Gasteiger partial charge is 0.387 e. The van der Waals surface area contributed by atoms with E-state index in [4.69, 9.17) is 4.74 Å². The van der Waals surface area contributed by atoms with Crippen LogP contribution in [0.4, 0.5) is 5.69 Å². The molecule has 0 radical (unpaired) electrons. The second-order valence-electron chi connectivity index (χ2n) is 7.71. The highest BCUT2D eigenvalue weighted by Gasteiger charge is 2.48. The van der Waals surface area contributed by atoms with Crippen molar-refractivity contribution in [1.29, 1.82) is 0 Å². The lowest BCUT2D eigenvalue weighted by atomic mass is 9.85. The van der Waals surface area contributed by atoms with Crippen LogP contribution in [0.25, 0.3) is 10.9 Å². The van der Waals surface area contributed by atoms with E-state index in [1.807, 2.05) is 49.5 Å². The molecule has 2 N–H and O–H groups in total. The highest BCUT2D eigenvalue weighted by molar-refractivity contribution is 6.05. The van der Waals surface area contributed by atoms with Crippen LogP contribution in [0.15, 0.2) is 54.7 Å². The third-order valence-corrected chi connectivity index (χ3v) is 5.84. The number of nitrogens with zero attached hydrogens (tertiary/aromatic N) is 3. The predicted molar refractivity (Wildman–Crippen MR) is 116 cm³/mol. The zero-order valence-electron chi connectivity index (χ0n) is 17.5. The molecular formula is C23H26N4O4. The average Bonchev–Trinajstić information content (AvgIpc) is 3.18. The molecule has 0 bridgehead atoms. The smallest absolute Gasteiger partial charge is 0.253 e. The summed E-state index contributed by atoms with van der Waals surface area (Å²) >= 11 is 0. The molecule has 8 heteroatoms. The zero-order valence-corrected chi connectivity index (χ0v) is 17.5. The van der Waals surface area contributed by atoms with Crippen molar-refractivity contribution in [3.8, 4) is 0 Å². The molecule has 2 amide bonds. The number of rotatable bonds is 6. The number of aryl methyl sites for hydroxylation is 1. The van der Waals surface area contributed by atoms with Crippen LogP contribution in [0, 0.1) is 0 Å². The van der Waals surface area contributed by atoms with E-state index in [0.29, 0.717) is 38.3 Å². The average molecular weight is 422 g/mol. The first-order valence-electron chi connectivity index (χ1n) is 10.3. The van der Waals surface area contributed by atoms with Crippen molar-refractivity contribution in [3.63, 3.8) is 0 Å². The summed E-state index contributed by atoms with van der Waals surface area (Å²) in [6, 6.07) is 15.1. The number of benzene rings is 2. The second kappa shape index (κ2) is 8.87. The summed E-state index contributed by atoms with van der Waals surface area (Å²) in [6.07, 6.45) is 2.39. The van der Waals surface area contributed by atoms with Gasteiger partial charge in [-0.1, -0.05) is 30.3 Å². The summed E-state index contributed by atoms with van der Waals surface area (Å²) in [6.45, 7) is 0.358. The number of anilines is 1. The van der Waals surface area contributed by atoms with Crippen molar-refractivity contribution < 1.29 is 19.4 Å². The van der Waals surface area contributed by atoms with Gasteiger partial charge in [-0.2, -0.15) is 5.10 Å². The first kappa shape index (κ1) is 21.0. The number of aliphatic hydroxyl groups is 1. The van der Waals surface area contributed by atoms with Gasteiger partial charge in [0.2, 0.25) is 5.91 Å². The van der Waals surface area contributed by atoms with Crippen molar-refractivity contribution in [2.45, 2.75) is 24.9 Å². The van der Waals surface area contributed by atoms with Crippen molar-refractivity contribution in [2.75, 3.05) is 24.7 Å². The highest BCUT2D eigenvalue weighted by Crippen LogP contribution is 2.35. The number of ether oxygens (including phenoxy) is 1. The molecule has 3 aromatic rings. The van der Waals surface area contributed by atoms with Crippen molar-refractivity contribution in [1.82, 2.24) is 15.1 Å². The van der Waals surface area contributed by atoms with Gasteiger partial charge in [-0.05, 0) is 23.8 Å². The molecule has 1 aliphatic rings. The quantitative estimate of drug-likeness (QED) is 0.631. The molecule has 8 nitrogen and oxygen atoms in total. The molecule has 0 aliphatic carbocycles. The number of aliphatic hydroxyl groups excluding tert-OH is 1. The molecule has 1 fully saturated rings. The van der Waals surface area contributed by atoms with E-state index in [-0.39, 0.29) is 5.91 Å². The summed E-state index contributed by atoms with van der Waals surface area (Å²) in [7, 11) is 1.84. The molecule has 1 aliphatic heterocycles. The molecule has 0 atom stereocenters. The molecule has 162 valence electrons. The molecule has 0 unspecified atom stereocenters. The minimum absolute atomic E-state index is 0.257. The van der Waals surface area contributed by atoms with Crippen LogP contribution in [-0.2, 0) is 27.9 Å². The van der Waals surface area contributed by atoms with E-state index < -0.39 is 18.1 Å². The lowest BCUT2D eigenvalue weighted by Crippen LogP contribution is -2.64. The number of carbonyl (C=O) groups excluding carboxylic acids is 2. The van der Waals surface area contributed by atoms with Crippen molar-refractivity contribution in [2.24, 2.45) is 7.05 Å². The SMILES string of the molecule is Cn1ncc2cc(N(C(=O)CO)C3(C(=O)NCc4ccccc4)CCOCC3)ccc21. The number of fused-ring (bicyclic) bond motifs is 1. The zero-order chi connectivity index (χ0) is 21.8. The summed E-state index contributed by atoms with van der Waals surface area (Å²) in [4.78, 5) is 28.0. The molecule has 2 aromatic carbocycles. The van der Waals surface area contributed by atoms with Crippen LogP contribution in [0.5, 0.6) is 0 Å². The number of amides is 2. The fourth-order valence-corrected chi connectivity index (χ4v) is 4.19. The maximum Gasteiger partial charge on any atom is 0.253 e. The normalized spacial score (nSPS) is 15.5. The Morgan fingerprint density at radius 2 is 1.94 bits per heavy atom. The summed E-state index contributed by atoms with van der Waals surface area (Å²) in [5.41, 5.74) is 1.28. The summed E-state index contributed by atoms with van der Waals surface area (Å²) in [5.74, 6) is -0.785. The van der Waals surface area contributed by atoms with Gasteiger partial charge in [0.15, 0.2) is 0 Å². The van der Waals surface area contributed by atoms with Gasteiger partial charge in [-0.15, -0.1) is 0 Å². The van der Waals surface area contributed by atoms with E-state index in [9.17, 15) is 14.7 Å². The van der Waals surface area contributed by atoms with E-state index in [0.717, 1.165) is 16.5 Å². The summed E-state index contributed by atoms with van der Waals surface area (Å²) in [5, 5.41) is 17.8. The Hall–Kier alpha value is -3.23. The fraction of sp³-hybridized carbons (Fsp3) is 0.348. The van der Waals surface area contributed by atoms with E-state index in [2.05, 4.69) is 10.4 Å². The van der Waals surface area contributed by atoms with Gasteiger partial charge >= 0.3 is 0 Å². The maximum absolute atomic E-state index is 13.5. The lowest BCUT2D eigenvalue weighted by molar-refractivity contribution is -0.135. The number of aromatic nitrogens is 2. The van der Waals surface area contributed by atoms with Crippen molar-refractivity contribution in [3.05, 3.63) is 60.3 Å². The van der Waals surface area contributed by atoms with Gasteiger partial charge in [-0.25, -0.2) is 0 Å². The first-order chi connectivity index (χ1) is 15.0. The van der Waals surface area contributed by atoms with Crippen LogP contribution >= 0.6 is 0 Å². The Morgan fingerprint density at radius 1 is 1.19 bits per heavy atom. The van der Waals surface area contributed by atoms with Crippen LogP contribution in [0.1, 0.15) is 18.4 Å². The van der Waals surface area contributed by atoms with E-state index in [1.54, 1.807) is 16.9 Å². The van der Waals surface area contributed by atoms with Gasteiger partial charge in [-0.3, -0.25) is 19.2 Å². The molecule has 0 spiro atoms. The second-order valence-corrected chi connectivity index (χ2v) is 7.71. The van der Waals surface area contributed by atoms with Crippen LogP contribution in [0.3, 0.4) is 0 Å². The van der Waals surface area contributed by atoms with Gasteiger partial charge in [0.25, 0.3) is 5.91 Å². The minimum Gasteiger partial charge on any atom is -0.387 e. The number of carbonyl (C=O) groups is 2. The third kappa shape index (κ3) is 4.04. The molecule has 1 saturated heterocycles. The topological polar surface area (TPSA) is 96.7 Å². The van der Waals surface area contributed by atoms with Crippen LogP contribution in [-0.4, -0.2) is 52.1 Å². The van der Waals surface area contributed by atoms with Gasteiger partial charge < -0.3 is 15.2 Å². The van der Waals surface area contributed by atoms with Crippen molar-refractivity contribution >= 4 is 28.4 Å². The maximum atomic E-state index is 13.5. The van der Waals surface area contributed by atoms with Gasteiger partial charge in [0.05, 0.1) is 11.7 Å². The molecule has 4 rings (SSSR count). The van der Waals surface area contributed by atoms with E-state index >= 15 is 0 Å². The lowest BCUT2D eigenvalue weighted by Gasteiger charge is -2.44. The fourth-order valence-electron chi connectivity index (χ4n) is 4.19. The standard InChI is InChI=1S/C23H26N4O4/c1-26-20-8-7-19(13-18(20)15-25-26)27(21(29)16-28)23(9-11-31-12-10-23)22(30)24-14-17-5-3-2-4-6-17/h2-8,13,15,28H,9-12,14,16H2,1H3,(H,24,30). The first-order valence-corrected chi connectivity index (χ1v) is 10.3. The number of nitrogens with one attached hydrogen (secondary N) is 1. The number of hydrogen-bond donors (Lipinski definition) is 2. The van der Waals surface area contributed by atoms with Crippen LogP contribution in [0.2, 0.25) is 0 Å². The molecule has 31 heavy (non-hydrogen) atoms. The Kier molecular flexibility index (Phi) is 6.01. The Morgan fingerprint density at radius 3 is 2.65 bits per heavy atom. The Balaban J connectivity index is 1.72. The Labute approximate surface area is 180 Å². The minimum atomic E-state index is -1.15. The predicted octanol–water partition coefficient (Wildman–Crippen LogP) is 1.76. The summed E-state index contributed by atoms with van der Waals surface area (Å²) < 4.78 is 7.26. The highest BCUT2D eigenvalue weighted by atomic mass is 16.5. The molecule has 0 saturated carbocycles. The van der Waals surface area contributed by atoms with Crippen LogP contribution < -0.4 is 10.2 Å². The third-order valence-electron chi connectivity index (χ3n) is 5.84. The monoisotopic (exact) mass is 422 g/mol. The molecular weight excluding hydrogens is 396 g/mol. The van der Waals surface area contributed by atoms with E-state index in [1.165, 1.54) is 4.90 Å². The van der Waals surface area contributed by atoms with Gasteiger partial charge in [0.1, 0.15) is 12.1 Å². The molecule has 2 heterocycles. The van der Waals surface area contributed by atoms with Gasteiger partial charge in [0, 0.05) is 50.7 Å². The Bertz CT molecular complexity index is 1070. The molecule has 1 aromatic heterocycles.